The summed E-state index contributed by atoms with van der Waals surface area (Å²) in [7, 11) is 0. The highest BCUT2D eigenvalue weighted by Crippen LogP contribution is 2.51. The average molecular weight is 742 g/mol. The van der Waals surface area contributed by atoms with Crippen LogP contribution in [0, 0.1) is 17.3 Å². The van der Waals surface area contributed by atoms with E-state index in [1.54, 1.807) is 28.4 Å². The zero-order chi connectivity index (χ0) is 36.6. The molecule has 3 heterocycles. The van der Waals surface area contributed by atoms with E-state index in [-0.39, 0.29) is 17.7 Å². The van der Waals surface area contributed by atoms with Crippen LogP contribution in [-0.2, 0) is 24.0 Å². The van der Waals surface area contributed by atoms with Crippen LogP contribution >= 0.6 is 23.5 Å². The Bertz CT molecular complexity index is 1520. The van der Waals surface area contributed by atoms with E-state index in [2.05, 4.69) is 31.2 Å². The van der Waals surface area contributed by atoms with Crippen LogP contribution < -0.4 is 21.3 Å². The van der Waals surface area contributed by atoms with Gasteiger partial charge in [-0.3, -0.25) is 39.1 Å². The van der Waals surface area contributed by atoms with Crippen molar-refractivity contribution in [3.8, 4) is 0 Å². The Morgan fingerprint density at radius 1 is 0.980 bits per heavy atom. The quantitative estimate of drug-likeness (QED) is 0.194. The molecule has 4 unspecified atom stereocenters. The van der Waals surface area contributed by atoms with E-state index in [9.17, 15) is 28.8 Å². The van der Waals surface area contributed by atoms with Crippen molar-refractivity contribution in [2.75, 3.05) is 18.1 Å². The maximum Gasteiger partial charge on any atom is 0.272 e. The van der Waals surface area contributed by atoms with Gasteiger partial charge in [-0.15, -0.1) is 23.5 Å². The molecule has 1 aromatic rings. The van der Waals surface area contributed by atoms with Crippen LogP contribution in [0.2, 0.25) is 0 Å². The summed E-state index contributed by atoms with van der Waals surface area (Å²) in [6.45, 7) is 7.73. The summed E-state index contributed by atoms with van der Waals surface area (Å²) in [6.07, 6.45) is 12.2. The summed E-state index contributed by atoms with van der Waals surface area (Å²) in [5.41, 5.74) is -2.15. The normalized spacial score (nSPS) is 27.7. The number of hydrogen-bond acceptors (Lipinski definition) is 11. The number of likely N-dealkylation sites (tertiary alicyclic amines) is 1. The van der Waals surface area contributed by atoms with Gasteiger partial charge in [0.2, 0.25) is 29.3 Å². The van der Waals surface area contributed by atoms with Crippen molar-refractivity contribution in [3.05, 3.63) is 24.3 Å². The van der Waals surface area contributed by atoms with Crippen LogP contribution in [0.25, 0.3) is 0 Å². The third kappa shape index (κ3) is 7.85. The molecule has 15 heteroatoms. The van der Waals surface area contributed by atoms with Crippen molar-refractivity contribution in [1.29, 1.82) is 0 Å². The molecule has 0 bridgehead atoms. The highest BCUT2D eigenvalue weighted by molar-refractivity contribution is 8.18. The van der Waals surface area contributed by atoms with Crippen molar-refractivity contribution < 1.29 is 28.8 Å². The minimum absolute atomic E-state index is 0.0422. The monoisotopic (exact) mass is 741 g/mol. The van der Waals surface area contributed by atoms with E-state index < -0.39 is 74.4 Å². The molecule has 0 radical (unpaired) electrons. The molecule has 4 amide bonds. The van der Waals surface area contributed by atoms with Gasteiger partial charge in [0, 0.05) is 31.4 Å². The second-order valence-corrected chi connectivity index (χ2v) is 19.0. The van der Waals surface area contributed by atoms with Gasteiger partial charge in [-0.2, -0.15) is 0 Å². The first-order valence-corrected chi connectivity index (χ1v) is 20.4. The number of carbonyl (C=O) groups is 6. The van der Waals surface area contributed by atoms with Gasteiger partial charge in [0.1, 0.15) is 23.8 Å². The summed E-state index contributed by atoms with van der Waals surface area (Å²) in [5.74, 6) is -1.98. The summed E-state index contributed by atoms with van der Waals surface area (Å²) >= 11 is 3.50. The van der Waals surface area contributed by atoms with Crippen molar-refractivity contribution in [3.63, 3.8) is 0 Å². The minimum atomic E-state index is -1.48. The average Bonchev–Trinajstić information content (AvgIpc) is 3.87. The summed E-state index contributed by atoms with van der Waals surface area (Å²) in [6, 6.07) is -2.79. The van der Waals surface area contributed by atoms with E-state index in [0.29, 0.717) is 19.4 Å². The molecule has 1 spiro atoms. The number of hydrogen-bond donors (Lipinski definition) is 4. The number of carbonyl (C=O) groups excluding carboxylic acids is 6. The molecule has 0 aromatic carbocycles. The van der Waals surface area contributed by atoms with Crippen molar-refractivity contribution in [2.45, 2.75) is 126 Å². The fourth-order valence-corrected chi connectivity index (χ4v) is 11.3. The van der Waals surface area contributed by atoms with Gasteiger partial charge in [-0.05, 0) is 61.4 Å². The second-order valence-electron chi connectivity index (χ2n) is 15.8. The van der Waals surface area contributed by atoms with Gasteiger partial charge >= 0.3 is 0 Å². The Hall–Kier alpha value is -3.04. The van der Waals surface area contributed by atoms with Crippen molar-refractivity contribution in [2.24, 2.45) is 17.3 Å². The van der Waals surface area contributed by atoms with Crippen LogP contribution in [0.3, 0.4) is 0 Å². The molecule has 5 aliphatic rings. The van der Waals surface area contributed by atoms with Gasteiger partial charge < -0.3 is 20.9 Å². The van der Waals surface area contributed by atoms with Gasteiger partial charge in [-0.1, -0.05) is 47.0 Å². The third-order valence-corrected chi connectivity index (χ3v) is 14.3. The van der Waals surface area contributed by atoms with E-state index in [4.69, 9.17) is 0 Å². The van der Waals surface area contributed by atoms with Crippen LogP contribution in [0.15, 0.2) is 18.6 Å². The lowest BCUT2D eigenvalue weighted by Crippen LogP contribution is -2.80. The lowest BCUT2D eigenvalue weighted by atomic mass is 9.68. The number of ketones is 2. The van der Waals surface area contributed by atoms with E-state index in [1.165, 1.54) is 18.6 Å². The lowest BCUT2D eigenvalue weighted by Gasteiger charge is -2.47. The first-order valence-electron chi connectivity index (χ1n) is 18.4. The summed E-state index contributed by atoms with van der Waals surface area (Å²) in [4.78, 5) is 92.3. The van der Waals surface area contributed by atoms with E-state index in [1.807, 2.05) is 27.7 Å². The fraction of sp³-hybridized carbons (Fsp3) is 0.722. The minimum Gasteiger partial charge on any atom is -0.342 e. The first kappa shape index (κ1) is 37.7. The summed E-state index contributed by atoms with van der Waals surface area (Å²) < 4.78 is -0.418. The SMILES string of the molecule is CC[C@H]1C(=O)C(=O)C1(NC(=O)C1CC2(CN1C(=O)C(NC(=O)C(NC(=O)c1cnccn1)C1CCCCC1)C(C)(C)C)SCCCS2)NC1CC1. The molecule has 2 saturated heterocycles. The molecule has 3 aliphatic carbocycles. The van der Waals surface area contributed by atoms with E-state index >= 15 is 0 Å². The largest absolute Gasteiger partial charge is 0.342 e. The molecular formula is C36H51N7O6S2. The van der Waals surface area contributed by atoms with Crippen molar-refractivity contribution in [1.82, 2.24) is 36.1 Å². The molecule has 13 nitrogen and oxygen atoms in total. The van der Waals surface area contributed by atoms with Crippen LogP contribution in [0.1, 0.15) is 102 Å². The maximum absolute atomic E-state index is 14.9. The molecule has 51 heavy (non-hydrogen) atoms. The Balaban J connectivity index is 1.27. The second kappa shape index (κ2) is 15.1. The third-order valence-electron chi connectivity index (χ3n) is 10.9. The molecule has 3 saturated carbocycles. The smallest absolute Gasteiger partial charge is 0.272 e. The van der Waals surface area contributed by atoms with E-state index in [0.717, 1.165) is 62.9 Å². The lowest BCUT2D eigenvalue weighted by molar-refractivity contribution is -0.161. The highest BCUT2D eigenvalue weighted by atomic mass is 32.2. The predicted molar refractivity (Wildman–Crippen MR) is 194 cm³/mol. The van der Waals surface area contributed by atoms with Crippen molar-refractivity contribution >= 4 is 58.7 Å². The first-order chi connectivity index (χ1) is 24.3. The topological polar surface area (TPSA) is 180 Å². The predicted octanol–water partition coefficient (Wildman–Crippen LogP) is 2.60. The highest BCUT2D eigenvalue weighted by Gasteiger charge is 2.64. The number of nitrogens with one attached hydrogen (secondary N) is 4. The van der Waals surface area contributed by atoms with Gasteiger partial charge in [-0.25, -0.2) is 4.98 Å². The van der Waals surface area contributed by atoms with Gasteiger partial charge in [0.25, 0.3) is 5.91 Å². The van der Waals surface area contributed by atoms with Crippen LogP contribution in [-0.4, -0.2) is 102 Å². The number of Topliss-reactive ketones (excluding diaryl/α,β-unsaturated/α-hetero) is 2. The van der Waals surface area contributed by atoms with Gasteiger partial charge in [0.15, 0.2) is 5.66 Å². The zero-order valence-corrected chi connectivity index (χ0v) is 31.6. The maximum atomic E-state index is 14.9. The number of nitrogens with zero attached hydrogens (tertiary/aromatic N) is 3. The molecule has 1 aromatic heterocycles. The number of thioether (sulfide) groups is 2. The molecule has 4 N–H and O–H groups in total. The standard InChI is InChI=1S/C36H51N7O6S2/c1-5-23-27(44)29(45)36(23,41-22-12-13-22)42-31(47)25-18-35(50-16-9-17-51-35)20-43(25)33(49)28(34(2,3)4)40-32(48)26(21-10-7-6-8-11-21)39-30(46)24-19-37-14-15-38-24/h14-15,19,21-23,25-26,28,41H,5-13,16-18,20H2,1-4H3,(H,39,46)(H,40,48)(H,42,47)/t23-,25?,26?,28?,36?/m0/s1. The number of rotatable bonds is 11. The Labute approximate surface area is 308 Å². The number of aromatic nitrogens is 2. The number of amides is 4. The fourth-order valence-electron chi connectivity index (χ4n) is 7.97. The molecule has 6 rings (SSSR count). The summed E-state index contributed by atoms with van der Waals surface area (Å²) in [5, 5.41) is 12.2. The molecule has 5 fully saturated rings. The Morgan fingerprint density at radius 2 is 1.69 bits per heavy atom. The molecule has 5 atom stereocenters. The zero-order valence-electron chi connectivity index (χ0n) is 30.0. The molecule has 2 aliphatic heterocycles. The Morgan fingerprint density at radius 3 is 2.29 bits per heavy atom. The Kier molecular flexibility index (Phi) is 11.2. The molecule has 278 valence electrons. The van der Waals surface area contributed by atoms with Gasteiger partial charge in [0.05, 0.1) is 16.2 Å². The molecular weight excluding hydrogens is 691 g/mol. The van der Waals surface area contributed by atoms with Crippen LogP contribution in [0.4, 0.5) is 0 Å². The van der Waals surface area contributed by atoms with Crippen LogP contribution in [0.5, 0.6) is 0 Å².